The van der Waals surface area contributed by atoms with Crippen molar-refractivity contribution in [3.63, 3.8) is 0 Å². The normalized spacial score (nSPS) is 19.1. The standard InChI is InChI=1S/C31H36N4O2S/c1-22-32-29(21-38-22)27-20-25-3-2-4-30(36)31(25)28(33-27)19-24-7-5-23(6-8-24)9-12-34-13-10-26(11-14-34)35-15-17-37-18-16-35/h2-3,5-8,20-21,26H,4,9-19H2,1H3. The van der Waals surface area contributed by atoms with Crippen LogP contribution in [0.5, 0.6) is 0 Å². The molecular formula is C31H36N4O2S. The van der Waals surface area contributed by atoms with E-state index in [4.69, 9.17) is 9.72 Å². The molecule has 1 aliphatic carbocycles. The number of piperidine rings is 1. The zero-order valence-electron chi connectivity index (χ0n) is 22.2. The Morgan fingerprint density at radius 1 is 1.00 bits per heavy atom. The molecule has 0 unspecified atom stereocenters. The number of fused-ring (bicyclic) bond motifs is 1. The zero-order valence-corrected chi connectivity index (χ0v) is 23.0. The van der Waals surface area contributed by atoms with Crippen LogP contribution in [0.15, 0.2) is 41.8 Å². The third kappa shape index (κ3) is 5.81. The number of aromatic nitrogens is 2. The van der Waals surface area contributed by atoms with Gasteiger partial charge in [0.05, 0.1) is 35.3 Å². The van der Waals surface area contributed by atoms with Gasteiger partial charge in [0.15, 0.2) is 5.78 Å². The number of Topliss-reactive ketones (excluding diaryl/α,β-unsaturated/α-hetero) is 1. The lowest BCUT2D eigenvalue weighted by atomic mass is 9.91. The minimum Gasteiger partial charge on any atom is -0.379 e. The van der Waals surface area contributed by atoms with Gasteiger partial charge in [-0.15, -0.1) is 11.3 Å². The number of carbonyl (C=O) groups excluding carboxylic acids is 1. The lowest BCUT2D eigenvalue weighted by Gasteiger charge is -2.40. The van der Waals surface area contributed by atoms with E-state index in [0.717, 1.165) is 78.5 Å². The molecule has 1 aromatic carbocycles. The van der Waals surface area contributed by atoms with Crippen molar-refractivity contribution in [3.8, 4) is 11.4 Å². The molecular weight excluding hydrogens is 492 g/mol. The number of nitrogens with zero attached hydrogens (tertiary/aromatic N) is 4. The summed E-state index contributed by atoms with van der Waals surface area (Å²) >= 11 is 1.62. The quantitative estimate of drug-likeness (QED) is 0.428. The number of rotatable bonds is 7. The average molecular weight is 529 g/mol. The highest BCUT2D eigenvalue weighted by atomic mass is 32.1. The summed E-state index contributed by atoms with van der Waals surface area (Å²) < 4.78 is 5.52. The second kappa shape index (κ2) is 11.6. The number of likely N-dealkylation sites (tertiary alicyclic amines) is 1. The van der Waals surface area contributed by atoms with E-state index in [1.807, 2.05) is 24.4 Å². The first-order valence-electron chi connectivity index (χ1n) is 13.9. The topological polar surface area (TPSA) is 58.6 Å². The van der Waals surface area contributed by atoms with Gasteiger partial charge in [-0.05, 0) is 62.0 Å². The summed E-state index contributed by atoms with van der Waals surface area (Å²) in [7, 11) is 0. The van der Waals surface area contributed by atoms with Gasteiger partial charge in [-0.3, -0.25) is 14.7 Å². The van der Waals surface area contributed by atoms with Crippen molar-refractivity contribution in [1.29, 1.82) is 0 Å². The lowest BCUT2D eigenvalue weighted by molar-refractivity contribution is 0.00101. The molecule has 0 atom stereocenters. The van der Waals surface area contributed by atoms with Crippen LogP contribution in [0.1, 0.15) is 57.0 Å². The molecule has 0 amide bonds. The fraction of sp³-hybridized carbons (Fsp3) is 0.452. The number of aryl methyl sites for hydroxylation is 1. The number of hydrogen-bond acceptors (Lipinski definition) is 7. The maximum absolute atomic E-state index is 12.8. The van der Waals surface area contributed by atoms with E-state index in [9.17, 15) is 4.79 Å². The second-order valence-corrected chi connectivity index (χ2v) is 11.7. The van der Waals surface area contributed by atoms with E-state index in [1.165, 1.54) is 37.1 Å². The van der Waals surface area contributed by atoms with Crippen LogP contribution in [-0.2, 0) is 17.6 Å². The number of pyridine rings is 1. The number of benzene rings is 1. The number of allylic oxidation sites excluding steroid dienone is 1. The molecule has 6 nitrogen and oxygen atoms in total. The van der Waals surface area contributed by atoms with E-state index in [2.05, 4.69) is 45.1 Å². The molecule has 6 rings (SSSR count). The van der Waals surface area contributed by atoms with E-state index in [1.54, 1.807) is 11.3 Å². The first-order valence-corrected chi connectivity index (χ1v) is 14.8. The zero-order chi connectivity index (χ0) is 25.9. The van der Waals surface area contributed by atoms with Crippen molar-refractivity contribution in [1.82, 2.24) is 19.8 Å². The summed E-state index contributed by atoms with van der Waals surface area (Å²) in [4.78, 5) is 27.7. The number of ether oxygens (including phenoxy) is 1. The Labute approximate surface area is 229 Å². The van der Waals surface area contributed by atoms with Gasteiger partial charge in [0.1, 0.15) is 0 Å². The van der Waals surface area contributed by atoms with Crippen molar-refractivity contribution < 1.29 is 9.53 Å². The third-order valence-corrected chi connectivity index (χ3v) is 8.89. The summed E-state index contributed by atoms with van der Waals surface area (Å²) in [5, 5.41) is 3.06. The van der Waals surface area contributed by atoms with Gasteiger partial charge < -0.3 is 9.64 Å². The summed E-state index contributed by atoms with van der Waals surface area (Å²) in [5.41, 5.74) is 6.86. The Hall–Kier alpha value is -2.71. The van der Waals surface area contributed by atoms with Crippen molar-refractivity contribution >= 4 is 23.2 Å². The molecule has 2 saturated heterocycles. The van der Waals surface area contributed by atoms with Gasteiger partial charge in [-0.2, -0.15) is 0 Å². The molecule has 3 aliphatic rings. The first kappa shape index (κ1) is 25.6. The average Bonchev–Trinajstić information content (AvgIpc) is 3.39. The second-order valence-electron chi connectivity index (χ2n) is 10.7. The number of thiazole rings is 1. The van der Waals surface area contributed by atoms with Gasteiger partial charge in [0.25, 0.3) is 0 Å². The molecule has 3 aromatic rings. The molecule has 0 spiro atoms. The van der Waals surface area contributed by atoms with Gasteiger partial charge in [-0.1, -0.05) is 36.4 Å². The minimum atomic E-state index is 0.153. The van der Waals surface area contributed by atoms with Gasteiger partial charge in [0.2, 0.25) is 0 Å². The fourth-order valence-corrected chi connectivity index (χ4v) is 6.57. The highest BCUT2D eigenvalue weighted by Crippen LogP contribution is 2.29. The van der Waals surface area contributed by atoms with Crippen LogP contribution in [-0.4, -0.2) is 77.5 Å². The molecule has 0 radical (unpaired) electrons. The van der Waals surface area contributed by atoms with Crippen LogP contribution in [0.25, 0.3) is 17.5 Å². The van der Waals surface area contributed by atoms with Crippen LogP contribution in [0.4, 0.5) is 0 Å². The van der Waals surface area contributed by atoms with Crippen LogP contribution in [0, 0.1) is 6.92 Å². The molecule has 7 heteroatoms. The summed E-state index contributed by atoms with van der Waals surface area (Å²) in [6.07, 6.45) is 8.70. The minimum absolute atomic E-state index is 0.153. The van der Waals surface area contributed by atoms with E-state index in [0.29, 0.717) is 12.8 Å². The van der Waals surface area contributed by atoms with Crippen molar-refractivity contribution in [3.05, 3.63) is 74.7 Å². The molecule has 2 aromatic heterocycles. The third-order valence-electron chi connectivity index (χ3n) is 8.12. The predicted molar refractivity (Wildman–Crippen MR) is 153 cm³/mol. The van der Waals surface area contributed by atoms with Crippen LogP contribution >= 0.6 is 11.3 Å². The Kier molecular flexibility index (Phi) is 7.79. The molecule has 2 aliphatic heterocycles. The number of hydrogen-bond donors (Lipinski definition) is 0. The Bertz CT molecular complexity index is 1300. The van der Waals surface area contributed by atoms with Crippen LogP contribution < -0.4 is 0 Å². The molecule has 0 bridgehead atoms. The number of ketones is 1. The van der Waals surface area contributed by atoms with E-state index < -0.39 is 0 Å². The fourth-order valence-electron chi connectivity index (χ4n) is 5.96. The van der Waals surface area contributed by atoms with Gasteiger partial charge in [0, 0.05) is 49.5 Å². The Morgan fingerprint density at radius 2 is 1.76 bits per heavy atom. The lowest BCUT2D eigenvalue weighted by Crippen LogP contribution is -2.49. The highest BCUT2D eigenvalue weighted by Gasteiger charge is 2.26. The number of morpholine rings is 1. The maximum atomic E-state index is 12.8. The highest BCUT2D eigenvalue weighted by molar-refractivity contribution is 7.09. The van der Waals surface area contributed by atoms with E-state index in [-0.39, 0.29) is 5.78 Å². The summed E-state index contributed by atoms with van der Waals surface area (Å²) in [6, 6.07) is 11.6. The first-order chi connectivity index (χ1) is 18.6. The van der Waals surface area contributed by atoms with Crippen LogP contribution in [0.2, 0.25) is 0 Å². The molecule has 0 N–H and O–H groups in total. The van der Waals surface area contributed by atoms with Crippen LogP contribution in [0.3, 0.4) is 0 Å². The Morgan fingerprint density at radius 3 is 2.50 bits per heavy atom. The smallest absolute Gasteiger partial charge is 0.169 e. The molecule has 198 valence electrons. The van der Waals surface area contributed by atoms with E-state index >= 15 is 0 Å². The number of carbonyl (C=O) groups is 1. The van der Waals surface area contributed by atoms with Crippen molar-refractivity contribution in [2.24, 2.45) is 0 Å². The van der Waals surface area contributed by atoms with Gasteiger partial charge in [-0.25, -0.2) is 4.98 Å². The SMILES string of the molecule is Cc1nc(-c2cc3c(c(Cc4ccc(CCN5CCC(N6CCOCC6)CC5)cc4)n2)C(=O)CC=C3)cs1. The molecule has 38 heavy (non-hydrogen) atoms. The summed E-state index contributed by atoms with van der Waals surface area (Å²) in [6.45, 7) is 9.46. The monoisotopic (exact) mass is 528 g/mol. The van der Waals surface area contributed by atoms with Crippen molar-refractivity contribution in [2.75, 3.05) is 45.9 Å². The van der Waals surface area contributed by atoms with Crippen molar-refractivity contribution in [2.45, 2.75) is 45.1 Å². The van der Waals surface area contributed by atoms with Gasteiger partial charge >= 0.3 is 0 Å². The molecule has 4 heterocycles. The maximum Gasteiger partial charge on any atom is 0.169 e. The molecule has 2 fully saturated rings. The Balaban J connectivity index is 1.09. The summed E-state index contributed by atoms with van der Waals surface area (Å²) in [5.74, 6) is 0.153. The largest absolute Gasteiger partial charge is 0.379 e. The molecule has 0 saturated carbocycles. The predicted octanol–water partition coefficient (Wildman–Crippen LogP) is 5.04.